The molecule has 0 unspecified atom stereocenters. The van der Waals surface area contributed by atoms with Crippen LogP contribution in [0.1, 0.15) is 27.3 Å². The summed E-state index contributed by atoms with van der Waals surface area (Å²) in [7, 11) is 1.60. The standard InChI is InChI=1S/C16H23N5O3S/c1-11-13(17-12(2)25-11)8-16(22)21-6-4-20(5-7-21)9-15-18-14(10-23-3)19-24-15/h4-10H2,1-3H3. The van der Waals surface area contributed by atoms with E-state index in [4.69, 9.17) is 9.26 Å². The molecule has 0 radical (unpaired) electrons. The second kappa shape index (κ2) is 8.03. The number of aryl methyl sites for hydroxylation is 2. The average molecular weight is 365 g/mol. The number of carbonyl (C=O) groups is 1. The van der Waals surface area contributed by atoms with E-state index in [-0.39, 0.29) is 5.91 Å². The zero-order valence-corrected chi connectivity index (χ0v) is 15.6. The number of aromatic nitrogens is 3. The second-order valence-corrected chi connectivity index (χ2v) is 7.51. The van der Waals surface area contributed by atoms with Crippen LogP contribution in [0.4, 0.5) is 0 Å². The summed E-state index contributed by atoms with van der Waals surface area (Å²) in [6.07, 6.45) is 0.389. The lowest BCUT2D eigenvalue weighted by Gasteiger charge is -2.33. The van der Waals surface area contributed by atoms with Gasteiger partial charge in [-0.2, -0.15) is 4.98 Å². The first kappa shape index (κ1) is 18.0. The van der Waals surface area contributed by atoms with Crippen molar-refractivity contribution < 1.29 is 14.1 Å². The highest BCUT2D eigenvalue weighted by molar-refractivity contribution is 7.11. The summed E-state index contributed by atoms with van der Waals surface area (Å²) in [4.78, 5) is 26.5. The van der Waals surface area contributed by atoms with E-state index < -0.39 is 0 Å². The Hall–Kier alpha value is -1.84. The Labute approximate surface area is 150 Å². The van der Waals surface area contributed by atoms with E-state index in [0.717, 1.165) is 28.7 Å². The molecule has 1 aliphatic heterocycles. The van der Waals surface area contributed by atoms with Crippen molar-refractivity contribution in [2.45, 2.75) is 33.4 Å². The Morgan fingerprint density at radius 2 is 2.00 bits per heavy atom. The third-order valence-corrected chi connectivity index (χ3v) is 5.11. The lowest BCUT2D eigenvalue weighted by Crippen LogP contribution is -2.48. The number of amides is 1. The molecule has 2 aromatic heterocycles. The number of piperazine rings is 1. The van der Waals surface area contributed by atoms with E-state index in [1.54, 1.807) is 18.4 Å². The van der Waals surface area contributed by atoms with Crippen molar-refractivity contribution in [3.8, 4) is 0 Å². The van der Waals surface area contributed by atoms with Crippen LogP contribution in [0.5, 0.6) is 0 Å². The summed E-state index contributed by atoms with van der Waals surface area (Å²) in [6.45, 7) is 7.95. The van der Waals surface area contributed by atoms with E-state index in [1.165, 1.54) is 0 Å². The fourth-order valence-electron chi connectivity index (χ4n) is 2.88. The number of rotatable bonds is 6. The molecule has 0 N–H and O–H groups in total. The molecule has 1 aliphatic rings. The van der Waals surface area contributed by atoms with Crippen molar-refractivity contribution in [1.82, 2.24) is 24.9 Å². The number of thiazole rings is 1. The SMILES string of the molecule is COCc1noc(CN2CCN(C(=O)Cc3nc(C)sc3C)CC2)n1. The highest BCUT2D eigenvalue weighted by atomic mass is 32.1. The fourth-order valence-corrected chi connectivity index (χ4v) is 3.71. The second-order valence-electron chi connectivity index (χ2n) is 6.11. The van der Waals surface area contributed by atoms with Crippen LogP contribution in [-0.2, 0) is 29.1 Å². The number of nitrogens with zero attached hydrogens (tertiary/aromatic N) is 5. The third-order valence-electron chi connectivity index (χ3n) is 4.19. The Morgan fingerprint density at radius 1 is 1.24 bits per heavy atom. The molecule has 136 valence electrons. The summed E-state index contributed by atoms with van der Waals surface area (Å²) < 4.78 is 10.2. The van der Waals surface area contributed by atoms with Crippen LogP contribution in [0, 0.1) is 13.8 Å². The van der Waals surface area contributed by atoms with Crippen LogP contribution in [0.15, 0.2) is 4.52 Å². The zero-order chi connectivity index (χ0) is 17.8. The van der Waals surface area contributed by atoms with E-state index in [0.29, 0.717) is 44.4 Å². The van der Waals surface area contributed by atoms with E-state index in [9.17, 15) is 4.79 Å². The number of hydrogen-bond acceptors (Lipinski definition) is 8. The smallest absolute Gasteiger partial charge is 0.240 e. The Balaban J connectivity index is 1.47. The van der Waals surface area contributed by atoms with Gasteiger partial charge in [0.2, 0.25) is 11.8 Å². The van der Waals surface area contributed by atoms with Gasteiger partial charge in [-0.3, -0.25) is 9.69 Å². The van der Waals surface area contributed by atoms with Crippen molar-refractivity contribution in [2.75, 3.05) is 33.3 Å². The maximum atomic E-state index is 12.5. The number of carbonyl (C=O) groups excluding carboxylic acids is 1. The van der Waals surface area contributed by atoms with Gasteiger partial charge in [0.1, 0.15) is 6.61 Å². The summed E-state index contributed by atoms with van der Waals surface area (Å²) in [5, 5.41) is 4.87. The van der Waals surface area contributed by atoms with Crippen LogP contribution < -0.4 is 0 Å². The molecule has 9 heteroatoms. The summed E-state index contributed by atoms with van der Waals surface area (Å²) in [5.41, 5.74) is 0.909. The number of hydrogen-bond donors (Lipinski definition) is 0. The molecule has 3 rings (SSSR count). The van der Waals surface area contributed by atoms with Crippen LogP contribution in [-0.4, -0.2) is 64.1 Å². The van der Waals surface area contributed by atoms with Gasteiger partial charge in [0.05, 0.1) is 23.7 Å². The van der Waals surface area contributed by atoms with E-state index in [1.807, 2.05) is 18.7 Å². The molecule has 25 heavy (non-hydrogen) atoms. The first-order valence-electron chi connectivity index (χ1n) is 8.28. The van der Waals surface area contributed by atoms with E-state index in [2.05, 4.69) is 20.0 Å². The zero-order valence-electron chi connectivity index (χ0n) is 14.8. The molecular weight excluding hydrogens is 342 g/mol. The predicted molar refractivity (Wildman–Crippen MR) is 92.2 cm³/mol. The van der Waals surface area contributed by atoms with Crippen LogP contribution in [0.25, 0.3) is 0 Å². The molecule has 0 saturated carbocycles. The van der Waals surface area contributed by atoms with Gasteiger partial charge in [-0.15, -0.1) is 11.3 Å². The van der Waals surface area contributed by atoms with Gasteiger partial charge < -0.3 is 14.2 Å². The lowest BCUT2D eigenvalue weighted by molar-refractivity contribution is -0.132. The molecule has 0 atom stereocenters. The molecule has 8 nitrogen and oxygen atoms in total. The highest BCUT2D eigenvalue weighted by Gasteiger charge is 2.23. The minimum atomic E-state index is 0.147. The van der Waals surface area contributed by atoms with Gasteiger partial charge in [-0.05, 0) is 13.8 Å². The summed E-state index contributed by atoms with van der Waals surface area (Å²) in [6, 6.07) is 0. The van der Waals surface area contributed by atoms with Gasteiger partial charge in [-0.1, -0.05) is 5.16 Å². The molecule has 0 aliphatic carbocycles. The van der Waals surface area contributed by atoms with Crippen molar-refractivity contribution in [3.05, 3.63) is 27.3 Å². The number of ether oxygens (including phenoxy) is 1. The topological polar surface area (TPSA) is 84.6 Å². The maximum Gasteiger partial charge on any atom is 0.240 e. The Morgan fingerprint density at radius 3 is 2.64 bits per heavy atom. The van der Waals surface area contributed by atoms with Crippen LogP contribution >= 0.6 is 11.3 Å². The predicted octanol–water partition coefficient (Wildman–Crippen LogP) is 1.18. The molecule has 0 aromatic carbocycles. The molecular formula is C16H23N5O3S. The molecule has 1 saturated heterocycles. The maximum absolute atomic E-state index is 12.5. The summed E-state index contributed by atoms with van der Waals surface area (Å²) >= 11 is 1.64. The Bertz CT molecular complexity index is 721. The van der Waals surface area contributed by atoms with E-state index >= 15 is 0 Å². The van der Waals surface area contributed by atoms with Crippen LogP contribution in [0.3, 0.4) is 0 Å². The molecule has 3 heterocycles. The normalized spacial score (nSPS) is 15.7. The number of methoxy groups -OCH3 is 1. The van der Waals surface area contributed by atoms with Crippen molar-refractivity contribution in [1.29, 1.82) is 0 Å². The van der Waals surface area contributed by atoms with Crippen molar-refractivity contribution >= 4 is 17.2 Å². The molecule has 0 bridgehead atoms. The van der Waals surface area contributed by atoms with Gasteiger partial charge in [0.15, 0.2) is 5.82 Å². The minimum Gasteiger partial charge on any atom is -0.377 e. The first-order valence-corrected chi connectivity index (χ1v) is 9.10. The molecule has 1 amide bonds. The first-order chi connectivity index (χ1) is 12.0. The molecule has 1 fully saturated rings. The van der Waals surface area contributed by atoms with Gasteiger partial charge in [0.25, 0.3) is 0 Å². The molecule has 0 spiro atoms. The van der Waals surface area contributed by atoms with Gasteiger partial charge in [-0.25, -0.2) is 4.98 Å². The fraction of sp³-hybridized carbons (Fsp3) is 0.625. The third kappa shape index (κ3) is 4.62. The largest absolute Gasteiger partial charge is 0.377 e. The van der Waals surface area contributed by atoms with Gasteiger partial charge >= 0.3 is 0 Å². The highest BCUT2D eigenvalue weighted by Crippen LogP contribution is 2.18. The average Bonchev–Trinajstić information content (AvgIpc) is 3.14. The van der Waals surface area contributed by atoms with Gasteiger partial charge in [0, 0.05) is 38.2 Å². The molecule has 2 aromatic rings. The van der Waals surface area contributed by atoms with Crippen molar-refractivity contribution in [3.63, 3.8) is 0 Å². The monoisotopic (exact) mass is 365 g/mol. The lowest BCUT2D eigenvalue weighted by atomic mass is 10.2. The van der Waals surface area contributed by atoms with Crippen molar-refractivity contribution in [2.24, 2.45) is 0 Å². The Kier molecular flexibility index (Phi) is 5.77. The summed E-state index contributed by atoms with van der Waals surface area (Å²) in [5.74, 6) is 1.29. The van der Waals surface area contributed by atoms with Crippen LogP contribution in [0.2, 0.25) is 0 Å². The minimum absolute atomic E-state index is 0.147. The quantitative estimate of drug-likeness (QED) is 0.760.